The summed E-state index contributed by atoms with van der Waals surface area (Å²) in [5.41, 5.74) is 0. The summed E-state index contributed by atoms with van der Waals surface area (Å²) >= 11 is 0. The van der Waals surface area contributed by atoms with E-state index in [-0.39, 0.29) is 17.6 Å². The molecule has 0 aromatic rings. The molecule has 2 N–H and O–H groups in total. The first-order valence-electron chi connectivity index (χ1n) is 7.19. The van der Waals surface area contributed by atoms with E-state index in [1.807, 2.05) is 6.92 Å². The lowest BCUT2D eigenvalue weighted by molar-refractivity contribution is -0.122. The van der Waals surface area contributed by atoms with Crippen molar-refractivity contribution in [2.45, 2.75) is 45.6 Å². The number of carbonyl (C=O) groups is 1. The molecule has 2 rings (SSSR count). The predicted molar refractivity (Wildman–Crippen MR) is 74.0 cm³/mol. The third kappa shape index (κ3) is 3.69. The quantitative estimate of drug-likeness (QED) is 0.761. The first kappa shape index (κ1) is 14.8. The molecule has 19 heavy (non-hydrogen) atoms. The number of sulfonamides is 1. The van der Waals surface area contributed by atoms with E-state index in [1.54, 1.807) is 6.92 Å². The number of carbonyl (C=O) groups excluding carboxylic acids is 1. The molecule has 0 saturated heterocycles. The van der Waals surface area contributed by atoms with Gasteiger partial charge in [-0.05, 0) is 50.9 Å². The molecule has 2 bridgehead atoms. The molecular formula is C13H24N2O3S. The molecular weight excluding hydrogens is 264 g/mol. The third-order valence-electron chi connectivity index (χ3n) is 4.42. The van der Waals surface area contributed by atoms with Crippen LogP contribution in [0.25, 0.3) is 0 Å². The van der Waals surface area contributed by atoms with Crippen molar-refractivity contribution in [1.82, 2.24) is 10.0 Å². The van der Waals surface area contributed by atoms with Gasteiger partial charge in [-0.3, -0.25) is 4.79 Å². The van der Waals surface area contributed by atoms with Gasteiger partial charge in [0, 0.05) is 6.54 Å². The van der Waals surface area contributed by atoms with Crippen molar-refractivity contribution < 1.29 is 13.2 Å². The fraction of sp³-hybridized carbons (Fsp3) is 0.923. The van der Waals surface area contributed by atoms with Crippen molar-refractivity contribution in [3.8, 4) is 0 Å². The molecule has 0 aliphatic heterocycles. The Morgan fingerprint density at radius 2 is 2.05 bits per heavy atom. The van der Waals surface area contributed by atoms with Crippen LogP contribution >= 0.6 is 0 Å². The summed E-state index contributed by atoms with van der Waals surface area (Å²) in [6.07, 6.45) is 4.69. The first-order valence-corrected chi connectivity index (χ1v) is 8.84. The molecule has 2 saturated carbocycles. The number of hydrogen-bond donors (Lipinski definition) is 2. The molecule has 0 aromatic carbocycles. The average Bonchev–Trinajstić information content (AvgIpc) is 2.89. The van der Waals surface area contributed by atoms with Gasteiger partial charge in [-0.2, -0.15) is 0 Å². The van der Waals surface area contributed by atoms with Crippen molar-refractivity contribution in [3.63, 3.8) is 0 Å². The fourth-order valence-electron chi connectivity index (χ4n) is 3.56. The lowest BCUT2D eigenvalue weighted by Gasteiger charge is -2.22. The van der Waals surface area contributed by atoms with E-state index in [4.69, 9.17) is 0 Å². The highest BCUT2D eigenvalue weighted by atomic mass is 32.2. The molecule has 110 valence electrons. The molecule has 0 unspecified atom stereocenters. The number of likely N-dealkylation sites (N-methyl/N-ethyl adjacent to an activating group) is 1. The maximum atomic E-state index is 12.1. The Labute approximate surface area is 115 Å². The minimum Gasteiger partial charge on any atom is -0.355 e. The van der Waals surface area contributed by atoms with Crippen molar-refractivity contribution in [3.05, 3.63) is 0 Å². The van der Waals surface area contributed by atoms with Crippen molar-refractivity contribution in [2.75, 3.05) is 12.3 Å². The largest absolute Gasteiger partial charge is 0.355 e. The molecule has 0 spiro atoms. The maximum Gasteiger partial charge on any atom is 0.237 e. The second kappa shape index (κ2) is 5.79. The monoisotopic (exact) mass is 288 g/mol. The predicted octanol–water partition coefficient (Wildman–Crippen LogP) is 0.867. The van der Waals surface area contributed by atoms with Gasteiger partial charge in [0.05, 0.1) is 11.8 Å². The fourth-order valence-corrected chi connectivity index (χ4v) is 5.27. The molecule has 4 atom stereocenters. The second-order valence-electron chi connectivity index (χ2n) is 5.95. The standard InChI is InChI=1S/C13H24N2O3S/c1-3-14-13(16)9(2)15-19(17,18)8-12-7-10-4-5-11(12)6-10/h9-12,15H,3-8H2,1-2H3,(H,14,16)/t9-,10-,11-,12-/m0/s1. The van der Waals surface area contributed by atoms with Crippen molar-refractivity contribution in [2.24, 2.45) is 17.8 Å². The number of nitrogens with one attached hydrogen (secondary N) is 2. The van der Waals surface area contributed by atoms with Crippen LogP contribution in [0.2, 0.25) is 0 Å². The highest BCUT2D eigenvalue weighted by Crippen LogP contribution is 2.48. The summed E-state index contributed by atoms with van der Waals surface area (Å²) in [5, 5.41) is 2.62. The zero-order valence-corrected chi connectivity index (χ0v) is 12.5. The van der Waals surface area contributed by atoms with Crippen LogP contribution in [0, 0.1) is 17.8 Å². The molecule has 5 nitrogen and oxygen atoms in total. The zero-order valence-electron chi connectivity index (χ0n) is 11.7. The third-order valence-corrected chi connectivity index (χ3v) is 6.00. The Bertz CT molecular complexity index is 435. The van der Waals surface area contributed by atoms with Gasteiger partial charge < -0.3 is 5.32 Å². The van der Waals surface area contributed by atoms with E-state index in [1.165, 1.54) is 19.3 Å². The minimum absolute atomic E-state index is 0.178. The molecule has 0 heterocycles. The SMILES string of the molecule is CCNC(=O)[C@H](C)NS(=O)(=O)C[C@@H]1C[C@H]2CC[C@H]1C2. The molecule has 1 amide bonds. The van der Waals surface area contributed by atoms with E-state index in [2.05, 4.69) is 10.0 Å². The van der Waals surface area contributed by atoms with Crippen LogP contribution in [0.4, 0.5) is 0 Å². The van der Waals surface area contributed by atoms with Crippen LogP contribution in [0.1, 0.15) is 39.5 Å². The number of fused-ring (bicyclic) bond motifs is 2. The van der Waals surface area contributed by atoms with Gasteiger partial charge in [0.2, 0.25) is 15.9 Å². The first-order chi connectivity index (χ1) is 8.91. The van der Waals surface area contributed by atoms with E-state index < -0.39 is 16.1 Å². The second-order valence-corrected chi connectivity index (χ2v) is 7.75. The highest BCUT2D eigenvalue weighted by Gasteiger charge is 2.41. The van der Waals surface area contributed by atoms with Crippen LogP contribution in [-0.4, -0.2) is 32.7 Å². The molecule has 2 fully saturated rings. The van der Waals surface area contributed by atoms with Crippen LogP contribution in [0.5, 0.6) is 0 Å². The Morgan fingerprint density at radius 3 is 2.58 bits per heavy atom. The van der Waals surface area contributed by atoms with Gasteiger partial charge in [-0.25, -0.2) is 13.1 Å². The van der Waals surface area contributed by atoms with E-state index in [0.717, 1.165) is 12.3 Å². The summed E-state index contributed by atoms with van der Waals surface area (Å²) in [6.45, 7) is 3.91. The van der Waals surface area contributed by atoms with E-state index in [0.29, 0.717) is 12.5 Å². The van der Waals surface area contributed by atoms with Gasteiger partial charge in [-0.15, -0.1) is 0 Å². The van der Waals surface area contributed by atoms with Crippen LogP contribution in [0.3, 0.4) is 0 Å². The highest BCUT2D eigenvalue weighted by molar-refractivity contribution is 7.89. The van der Waals surface area contributed by atoms with Gasteiger partial charge in [0.25, 0.3) is 0 Å². The van der Waals surface area contributed by atoms with Gasteiger partial charge in [-0.1, -0.05) is 6.42 Å². The van der Waals surface area contributed by atoms with Crippen LogP contribution in [0.15, 0.2) is 0 Å². The zero-order chi connectivity index (χ0) is 14.0. The number of amides is 1. The summed E-state index contributed by atoms with van der Waals surface area (Å²) in [7, 11) is -3.36. The lowest BCUT2D eigenvalue weighted by atomic mass is 9.90. The Morgan fingerprint density at radius 1 is 1.32 bits per heavy atom. The summed E-state index contributed by atoms with van der Waals surface area (Å²) in [4.78, 5) is 11.5. The molecule has 0 aromatic heterocycles. The summed E-state index contributed by atoms with van der Waals surface area (Å²) in [6, 6.07) is -0.691. The number of rotatable bonds is 6. The normalized spacial score (nSPS) is 31.4. The van der Waals surface area contributed by atoms with E-state index in [9.17, 15) is 13.2 Å². The van der Waals surface area contributed by atoms with Crippen LogP contribution in [-0.2, 0) is 14.8 Å². The molecule has 2 aliphatic carbocycles. The van der Waals surface area contributed by atoms with Crippen LogP contribution < -0.4 is 10.0 Å². The molecule has 2 aliphatic rings. The summed E-state index contributed by atoms with van der Waals surface area (Å²) in [5.74, 6) is 1.53. The van der Waals surface area contributed by atoms with Gasteiger partial charge in [0.15, 0.2) is 0 Å². The topological polar surface area (TPSA) is 75.3 Å². The van der Waals surface area contributed by atoms with Crippen molar-refractivity contribution in [1.29, 1.82) is 0 Å². The minimum atomic E-state index is -3.36. The van der Waals surface area contributed by atoms with E-state index >= 15 is 0 Å². The number of hydrogen-bond acceptors (Lipinski definition) is 3. The molecule has 0 radical (unpaired) electrons. The molecule has 6 heteroatoms. The smallest absolute Gasteiger partial charge is 0.237 e. The maximum absolute atomic E-state index is 12.1. The van der Waals surface area contributed by atoms with Gasteiger partial charge >= 0.3 is 0 Å². The Hall–Kier alpha value is -0.620. The summed E-state index contributed by atoms with van der Waals surface area (Å²) < 4.78 is 26.7. The van der Waals surface area contributed by atoms with Gasteiger partial charge in [0.1, 0.15) is 0 Å². The Kier molecular flexibility index (Phi) is 4.50. The average molecular weight is 288 g/mol. The van der Waals surface area contributed by atoms with Crippen molar-refractivity contribution >= 4 is 15.9 Å². The Balaban J connectivity index is 1.86. The lowest BCUT2D eigenvalue weighted by Crippen LogP contribution is -2.46.